The molecule has 0 bridgehead atoms. The zero-order chi connectivity index (χ0) is 44.4. The van der Waals surface area contributed by atoms with Crippen LogP contribution in [-0.4, -0.2) is 45.8 Å². The third kappa shape index (κ3) is 7.07. The second-order valence-corrected chi connectivity index (χ2v) is 16.6. The van der Waals surface area contributed by atoms with Gasteiger partial charge >= 0.3 is 6.18 Å². The standard InChI is InChI=1S/C47H36Cl2F3N5O6/c1-63-39-21-25(8-20-38(39)58)7-19-35-32-17-18-33-40(44(61)56(42(33)59)31-15-13-30(14-16-31)54-29-5-3-2-4-6-29)34(32)23-36-43(60)57(45(62)46(35,36)26-9-11-28(48)12-10-26)55-41-37(49)22-27(24-53-41)47(50,51)52/h2-17,19-22,24,33-36,40,54,58H,18,23H2,1H3,(H,53,55). The zero-order valence-electron chi connectivity index (χ0n) is 33.1. The number of alkyl halides is 3. The molecule has 3 N–H and O–H groups in total. The molecule has 6 atom stereocenters. The molecule has 0 spiro atoms. The number of para-hydroxylation sites is 1. The topological polar surface area (TPSA) is 141 Å². The van der Waals surface area contributed by atoms with E-state index >= 15 is 4.79 Å². The number of imide groups is 2. The Morgan fingerprint density at radius 1 is 0.873 bits per heavy atom. The van der Waals surface area contributed by atoms with Crippen LogP contribution < -0.4 is 20.4 Å². The van der Waals surface area contributed by atoms with Crippen molar-refractivity contribution in [2.45, 2.75) is 24.4 Å². The van der Waals surface area contributed by atoms with Gasteiger partial charge in [0.05, 0.1) is 46.6 Å². The van der Waals surface area contributed by atoms with E-state index in [1.165, 1.54) is 18.1 Å². The first-order chi connectivity index (χ1) is 30.2. The highest BCUT2D eigenvalue weighted by atomic mass is 35.5. The van der Waals surface area contributed by atoms with Crippen LogP contribution in [0.5, 0.6) is 11.5 Å². The average molecular weight is 895 g/mol. The number of hydrazine groups is 1. The Morgan fingerprint density at radius 2 is 1.59 bits per heavy atom. The van der Waals surface area contributed by atoms with Crippen LogP contribution in [0.1, 0.15) is 29.5 Å². The molecule has 2 saturated heterocycles. The predicted octanol–water partition coefficient (Wildman–Crippen LogP) is 9.60. The molecule has 2 aliphatic carbocycles. The van der Waals surface area contributed by atoms with Crippen molar-refractivity contribution in [1.82, 2.24) is 9.99 Å². The number of allylic oxidation sites excluding steroid dienone is 3. The second-order valence-electron chi connectivity index (χ2n) is 15.8. The molecule has 4 aromatic carbocycles. The summed E-state index contributed by atoms with van der Waals surface area (Å²) in [6.45, 7) is 0. The quantitative estimate of drug-likeness (QED) is 0.0975. The number of aromatic hydroxyl groups is 1. The van der Waals surface area contributed by atoms with Crippen molar-refractivity contribution in [2.24, 2.45) is 29.6 Å². The number of nitrogens with one attached hydrogen (secondary N) is 2. The number of amides is 4. The molecule has 11 nitrogen and oxygen atoms in total. The van der Waals surface area contributed by atoms with E-state index in [9.17, 15) is 32.7 Å². The number of methoxy groups -OCH3 is 1. The number of phenolic OH excluding ortho intramolecular Hbond substituents is 1. The van der Waals surface area contributed by atoms with Crippen LogP contribution in [0, 0.1) is 29.6 Å². The molecule has 1 saturated carbocycles. The summed E-state index contributed by atoms with van der Waals surface area (Å²) in [6.07, 6.45) is 1.27. The van der Waals surface area contributed by atoms with Gasteiger partial charge in [-0.25, -0.2) is 4.98 Å². The summed E-state index contributed by atoms with van der Waals surface area (Å²) in [5.41, 5.74) is 3.40. The summed E-state index contributed by atoms with van der Waals surface area (Å²) >= 11 is 12.7. The second kappa shape index (κ2) is 15.9. The van der Waals surface area contributed by atoms with Crippen molar-refractivity contribution in [1.29, 1.82) is 0 Å². The zero-order valence-corrected chi connectivity index (χ0v) is 34.7. The fourth-order valence-electron chi connectivity index (χ4n) is 9.67. The van der Waals surface area contributed by atoms with E-state index in [0.29, 0.717) is 39.7 Å². The highest BCUT2D eigenvalue weighted by molar-refractivity contribution is 6.33. The Hall–Kier alpha value is -6.64. The van der Waals surface area contributed by atoms with Gasteiger partial charge in [-0.3, -0.25) is 29.5 Å². The summed E-state index contributed by atoms with van der Waals surface area (Å²) in [4.78, 5) is 64.4. The Labute approximate surface area is 368 Å². The fraction of sp³-hybridized carbons (Fsp3) is 0.213. The lowest BCUT2D eigenvalue weighted by Gasteiger charge is -2.49. The molecule has 5 aromatic rings. The average Bonchev–Trinajstić information content (AvgIpc) is 3.65. The van der Waals surface area contributed by atoms with Crippen LogP contribution in [-0.2, 0) is 30.8 Å². The minimum Gasteiger partial charge on any atom is -0.504 e. The lowest BCUT2D eigenvalue weighted by molar-refractivity contribution is -0.139. The number of halogens is 5. The van der Waals surface area contributed by atoms with Crippen LogP contribution >= 0.6 is 23.2 Å². The maximum Gasteiger partial charge on any atom is 0.417 e. The van der Waals surface area contributed by atoms with Crippen molar-refractivity contribution >= 4 is 75.8 Å². The van der Waals surface area contributed by atoms with Gasteiger partial charge in [-0.15, -0.1) is 0 Å². The van der Waals surface area contributed by atoms with E-state index in [4.69, 9.17) is 27.9 Å². The van der Waals surface area contributed by atoms with Gasteiger partial charge in [0.1, 0.15) is 0 Å². The third-order valence-corrected chi connectivity index (χ3v) is 13.0. The molecule has 6 unspecified atom stereocenters. The molecule has 4 amide bonds. The molecule has 9 rings (SSSR count). The van der Waals surface area contributed by atoms with E-state index in [1.807, 2.05) is 36.4 Å². The number of hydrogen-bond acceptors (Lipinski definition) is 9. The number of carbonyl (C=O) groups is 4. The van der Waals surface area contributed by atoms with Gasteiger partial charge < -0.3 is 15.2 Å². The Bertz CT molecular complexity index is 2730. The summed E-state index contributed by atoms with van der Waals surface area (Å²) in [5.74, 6) is -7.10. The van der Waals surface area contributed by atoms with Crippen LogP contribution in [0.15, 0.2) is 127 Å². The van der Waals surface area contributed by atoms with E-state index in [2.05, 4.69) is 15.7 Å². The molecular weight excluding hydrogens is 858 g/mol. The van der Waals surface area contributed by atoms with E-state index in [-0.39, 0.29) is 36.1 Å². The lowest BCUT2D eigenvalue weighted by Crippen LogP contribution is -2.54. The third-order valence-electron chi connectivity index (χ3n) is 12.5. The smallest absolute Gasteiger partial charge is 0.417 e. The first-order valence-corrected chi connectivity index (χ1v) is 20.6. The predicted molar refractivity (Wildman–Crippen MR) is 230 cm³/mol. The number of carbonyl (C=O) groups excluding carboxylic acids is 4. The first kappa shape index (κ1) is 41.7. The number of aromatic nitrogens is 1. The van der Waals surface area contributed by atoms with Crippen molar-refractivity contribution in [3.63, 3.8) is 0 Å². The Balaban J connectivity index is 1.14. The van der Waals surface area contributed by atoms with Gasteiger partial charge in [0.25, 0.3) is 11.8 Å². The van der Waals surface area contributed by atoms with E-state index < -0.39 is 69.5 Å². The molecule has 1 aromatic heterocycles. The highest BCUT2D eigenvalue weighted by Crippen LogP contribution is 2.62. The molecule has 320 valence electrons. The molecule has 3 heterocycles. The first-order valence-electron chi connectivity index (χ1n) is 19.9. The van der Waals surface area contributed by atoms with Gasteiger partial charge in [0.2, 0.25) is 11.8 Å². The van der Waals surface area contributed by atoms with Gasteiger partial charge in [0.15, 0.2) is 17.3 Å². The molecular formula is C47H36Cl2F3N5O6. The van der Waals surface area contributed by atoms with Crippen LogP contribution in [0.25, 0.3) is 6.08 Å². The molecule has 0 radical (unpaired) electrons. The fourth-order valence-corrected chi connectivity index (χ4v) is 10.0. The molecule has 2 aliphatic heterocycles. The Morgan fingerprint density at radius 3 is 2.27 bits per heavy atom. The minimum absolute atomic E-state index is 0.0449. The summed E-state index contributed by atoms with van der Waals surface area (Å²) in [5, 5.41) is 14.2. The number of phenols is 1. The normalized spacial score (nSPS) is 24.3. The van der Waals surface area contributed by atoms with Crippen molar-refractivity contribution in [3.8, 4) is 11.5 Å². The van der Waals surface area contributed by atoms with Crippen molar-refractivity contribution in [2.75, 3.05) is 22.8 Å². The SMILES string of the molecule is COc1cc(C=CC2C3=CCC4C(=O)N(c5ccc(Nc6ccccc6)cc5)C(=O)C4C3CC3C(=O)N(Nc4ncc(C(F)(F)F)cc4Cl)C(=O)C23c2ccc(Cl)cc2)ccc1O. The number of pyridine rings is 1. The largest absolute Gasteiger partial charge is 0.504 e. The summed E-state index contributed by atoms with van der Waals surface area (Å²) in [7, 11) is 1.40. The molecule has 3 fully saturated rings. The number of hydrogen-bond donors (Lipinski definition) is 3. The maximum atomic E-state index is 15.4. The van der Waals surface area contributed by atoms with Gasteiger partial charge in [-0.05, 0) is 96.6 Å². The minimum atomic E-state index is -4.76. The number of fused-ring (bicyclic) bond motifs is 4. The highest BCUT2D eigenvalue weighted by Gasteiger charge is 2.69. The molecule has 4 aliphatic rings. The number of nitrogens with zero attached hydrogens (tertiary/aromatic N) is 3. The number of benzene rings is 4. The van der Waals surface area contributed by atoms with Crippen LogP contribution in [0.2, 0.25) is 10.0 Å². The van der Waals surface area contributed by atoms with Crippen molar-refractivity contribution < 1.29 is 42.2 Å². The maximum absolute atomic E-state index is 15.4. The molecule has 63 heavy (non-hydrogen) atoms. The number of ether oxygens (including phenoxy) is 1. The lowest BCUT2D eigenvalue weighted by atomic mass is 9.50. The van der Waals surface area contributed by atoms with Gasteiger partial charge in [-0.1, -0.05) is 83.4 Å². The molecule has 16 heteroatoms. The van der Waals surface area contributed by atoms with Crippen LogP contribution in [0.4, 0.5) is 36.1 Å². The van der Waals surface area contributed by atoms with E-state index in [0.717, 1.165) is 16.4 Å². The van der Waals surface area contributed by atoms with Crippen molar-refractivity contribution in [3.05, 3.63) is 154 Å². The Kier molecular flexibility index (Phi) is 10.5. The number of anilines is 4. The number of rotatable bonds is 9. The summed E-state index contributed by atoms with van der Waals surface area (Å²) in [6, 6.07) is 28.2. The van der Waals surface area contributed by atoms with Gasteiger partial charge in [0, 0.05) is 28.5 Å². The monoisotopic (exact) mass is 893 g/mol. The summed E-state index contributed by atoms with van der Waals surface area (Å²) < 4.78 is 46.0. The van der Waals surface area contributed by atoms with Gasteiger partial charge in [-0.2, -0.15) is 18.2 Å². The van der Waals surface area contributed by atoms with E-state index in [1.54, 1.807) is 72.8 Å². The van der Waals surface area contributed by atoms with Crippen LogP contribution in [0.3, 0.4) is 0 Å².